The third-order valence-electron chi connectivity index (χ3n) is 5.66. The van der Waals surface area contributed by atoms with E-state index in [1.54, 1.807) is 35.7 Å². The normalized spacial score (nSPS) is 18.6. The van der Waals surface area contributed by atoms with E-state index in [2.05, 4.69) is 14.4 Å². The van der Waals surface area contributed by atoms with Gasteiger partial charge in [0.25, 0.3) is 5.91 Å². The Balaban J connectivity index is 1.55. The van der Waals surface area contributed by atoms with E-state index >= 15 is 0 Å². The van der Waals surface area contributed by atoms with E-state index in [0.29, 0.717) is 31.7 Å². The largest absolute Gasteiger partial charge is 0.368 e. The lowest BCUT2D eigenvalue weighted by Crippen LogP contribution is -2.51. The standard InChI is InChI=1S/C20H23FN6O3S/c1-14-17(13-22-24(14)2)18-12-19(25(3)31(29,30)23-18)20(28)27-10-8-26(9-11-27)16-6-4-15(21)5-7-16/h4-7,12-13H,8-11H2,1-3H3. The molecular formula is C20H23FN6O3S. The summed E-state index contributed by atoms with van der Waals surface area (Å²) in [4.78, 5) is 16.9. The van der Waals surface area contributed by atoms with Gasteiger partial charge < -0.3 is 9.80 Å². The summed E-state index contributed by atoms with van der Waals surface area (Å²) in [6, 6.07) is 6.22. The van der Waals surface area contributed by atoms with Crippen molar-refractivity contribution in [2.75, 3.05) is 38.1 Å². The molecule has 0 radical (unpaired) electrons. The molecule has 0 aliphatic carbocycles. The molecule has 1 aromatic heterocycles. The summed E-state index contributed by atoms with van der Waals surface area (Å²) < 4.78 is 44.8. The SMILES string of the molecule is Cc1c(C2=NS(=O)(=O)N(C)C(C(=O)N3CCN(c4ccc(F)cc4)CC3)=C2)cnn1C. The van der Waals surface area contributed by atoms with Crippen LogP contribution in [0.1, 0.15) is 11.3 Å². The maximum absolute atomic E-state index is 13.2. The predicted molar refractivity (Wildman–Crippen MR) is 114 cm³/mol. The molecule has 0 N–H and O–H groups in total. The third kappa shape index (κ3) is 3.92. The van der Waals surface area contributed by atoms with Crippen molar-refractivity contribution in [1.29, 1.82) is 0 Å². The molecule has 1 aromatic carbocycles. The van der Waals surface area contributed by atoms with Gasteiger partial charge in [-0.15, -0.1) is 4.40 Å². The van der Waals surface area contributed by atoms with Crippen molar-refractivity contribution in [3.05, 3.63) is 59.3 Å². The molecule has 0 atom stereocenters. The van der Waals surface area contributed by atoms with E-state index in [9.17, 15) is 17.6 Å². The van der Waals surface area contributed by atoms with Gasteiger partial charge in [-0.3, -0.25) is 9.48 Å². The van der Waals surface area contributed by atoms with Crippen LogP contribution < -0.4 is 4.90 Å². The number of hydrogen-bond donors (Lipinski definition) is 0. The molecule has 31 heavy (non-hydrogen) atoms. The Morgan fingerprint density at radius 2 is 1.71 bits per heavy atom. The van der Waals surface area contributed by atoms with Crippen LogP contribution in [0.25, 0.3) is 0 Å². The van der Waals surface area contributed by atoms with Crippen LogP contribution in [0.15, 0.2) is 46.6 Å². The van der Waals surface area contributed by atoms with Crippen LogP contribution in [-0.4, -0.2) is 72.2 Å². The number of allylic oxidation sites excluding steroid dienone is 1. The number of carbonyl (C=O) groups excluding carboxylic acids is 1. The molecule has 0 bridgehead atoms. The molecule has 9 nitrogen and oxygen atoms in total. The lowest BCUT2D eigenvalue weighted by atomic mass is 10.1. The van der Waals surface area contributed by atoms with Gasteiger partial charge in [0.05, 0.1) is 11.9 Å². The fourth-order valence-corrected chi connectivity index (χ4v) is 4.51. The van der Waals surface area contributed by atoms with E-state index in [1.807, 2.05) is 0 Å². The number of aryl methyl sites for hydroxylation is 1. The minimum absolute atomic E-state index is 0.0449. The number of benzene rings is 1. The number of rotatable bonds is 3. The number of likely N-dealkylation sites (N-methyl/N-ethyl adjacent to an activating group) is 1. The van der Waals surface area contributed by atoms with Crippen molar-refractivity contribution in [2.24, 2.45) is 11.4 Å². The van der Waals surface area contributed by atoms with Gasteiger partial charge in [0.15, 0.2) is 0 Å². The van der Waals surface area contributed by atoms with Gasteiger partial charge in [-0.2, -0.15) is 13.5 Å². The molecular weight excluding hydrogens is 423 g/mol. The average molecular weight is 447 g/mol. The summed E-state index contributed by atoms with van der Waals surface area (Å²) >= 11 is 0. The molecule has 2 aliphatic heterocycles. The van der Waals surface area contributed by atoms with Crippen LogP contribution in [0.2, 0.25) is 0 Å². The highest BCUT2D eigenvalue weighted by Gasteiger charge is 2.34. The van der Waals surface area contributed by atoms with Crippen molar-refractivity contribution in [3.63, 3.8) is 0 Å². The van der Waals surface area contributed by atoms with Gasteiger partial charge in [0.1, 0.15) is 11.5 Å². The summed E-state index contributed by atoms with van der Waals surface area (Å²) in [6.45, 7) is 3.76. The predicted octanol–water partition coefficient (Wildman–Crippen LogP) is 1.08. The number of hydrogen-bond acceptors (Lipinski definition) is 5. The molecule has 0 unspecified atom stereocenters. The van der Waals surface area contributed by atoms with Crippen LogP contribution >= 0.6 is 0 Å². The first-order valence-corrected chi connectivity index (χ1v) is 11.2. The molecule has 1 saturated heterocycles. The molecule has 4 rings (SSSR count). The first-order valence-electron chi connectivity index (χ1n) is 9.76. The van der Waals surface area contributed by atoms with Gasteiger partial charge in [-0.05, 0) is 37.3 Å². The van der Waals surface area contributed by atoms with E-state index in [0.717, 1.165) is 15.7 Å². The molecule has 164 valence electrons. The molecule has 1 fully saturated rings. The third-order valence-corrected chi connectivity index (χ3v) is 6.98. The lowest BCUT2D eigenvalue weighted by molar-refractivity contribution is -0.128. The summed E-state index contributed by atoms with van der Waals surface area (Å²) in [7, 11) is -0.962. The van der Waals surface area contributed by atoms with Gasteiger partial charge >= 0.3 is 10.2 Å². The molecule has 2 aromatic rings. The summed E-state index contributed by atoms with van der Waals surface area (Å²) in [5.41, 5.74) is 2.42. The number of nitrogens with zero attached hydrogens (tertiary/aromatic N) is 6. The number of halogens is 1. The highest BCUT2D eigenvalue weighted by Crippen LogP contribution is 2.24. The highest BCUT2D eigenvalue weighted by molar-refractivity contribution is 7.88. The maximum Gasteiger partial charge on any atom is 0.345 e. The first kappa shape index (κ1) is 21.0. The molecule has 3 heterocycles. The second kappa shape index (κ2) is 7.80. The highest BCUT2D eigenvalue weighted by atomic mass is 32.2. The van der Waals surface area contributed by atoms with E-state index in [4.69, 9.17) is 0 Å². The van der Waals surface area contributed by atoms with Crippen LogP contribution in [0.3, 0.4) is 0 Å². The Bertz CT molecular complexity index is 1180. The molecule has 1 amide bonds. The second-order valence-corrected chi connectivity index (χ2v) is 9.10. The van der Waals surface area contributed by atoms with Crippen LogP contribution in [0, 0.1) is 12.7 Å². The van der Waals surface area contributed by atoms with Crippen molar-refractivity contribution in [3.8, 4) is 0 Å². The van der Waals surface area contributed by atoms with Crippen molar-refractivity contribution in [1.82, 2.24) is 19.0 Å². The minimum Gasteiger partial charge on any atom is -0.368 e. The zero-order valence-electron chi connectivity index (χ0n) is 17.5. The van der Waals surface area contributed by atoms with E-state index < -0.39 is 10.2 Å². The van der Waals surface area contributed by atoms with Gasteiger partial charge in [-0.25, -0.2) is 8.70 Å². The Kier molecular flexibility index (Phi) is 5.29. The van der Waals surface area contributed by atoms with E-state index in [1.165, 1.54) is 31.5 Å². The van der Waals surface area contributed by atoms with Crippen molar-refractivity contribution >= 4 is 27.5 Å². The Morgan fingerprint density at radius 3 is 2.29 bits per heavy atom. The molecule has 11 heteroatoms. The topological polar surface area (TPSA) is 91.1 Å². The fraction of sp³-hybridized carbons (Fsp3) is 0.350. The number of carbonyl (C=O) groups is 1. The van der Waals surface area contributed by atoms with Crippen LogP contribution in [0.4, 0.5) is 10.1 Å². The number of piperazine rings is 1. The lowest BCUT2D eigenvalue weighted by Gasteiger charge is -2.37. The zero-order valence-corrected chi connectivity index (χ0v) is 18.3. The Morgan fingerprint density at radius 1 is 1.06 bits per heavy atom. The molecule has 2 aliphatic rings. The second-order valence-electron chi connectivity index (χ2n) is 7.47. The fourth-order valence-electron chi connectivity index (χ4n) is 3.61. The first-order chi connectivity index (χ1) is 14.7. The van der Waals surface area contributed by atoms with Crippen LogP contribution in [0.5, 0.6) is 0 Å². The quantitative estimate of drug-likeness (QED) is 0.704. The van der Waals surface area contributed by atoms with Crippen LogP contribution in [-0.2, 0) is 22.1 Å². The minimum atomic E-state index is -4.03. The van der Waals surface area contributed by atoms with Crippen molar-refractivity contribution < 1.29 is 17.6 Å². The van der Waals surface area contributed by atoms with Crippen molar-refractivity contribution in [2.45, 2.75) is 6.92 Å². The number of aromatic nitrogens is 2. The van der Waals surface area contributed by atoms with Gasteiger partial charge in [0.2, 0.25) is 0 Å². The Labute approximate surface area is 180 Å². The van der Waals surface area contributed by atoms with Gasteiger partial charge in [0, 0.05) is 57.2 Å². The number of anilines is 1. The zero-order chi connectivity index (χ0) is 22.3. The number of amides is 1. The summed E-state index contributed by atoms with van der Waals surface area (Å²) in [5.74, 6) is -0.675. The molecule has 0 spiro atoms. The summed E-state index contributed by atoms with van der Waals surface area (Å²) in [6.07, 6.45) is 3.04. The monoisotopic (exact) mass is 446 g/mol. The van der Waals surface area contributed by atoms with E-state index in [-0.39, 0.29) is 23.1 Å². The maximum atomic E-state index is 13.2. The summed E-state index contributed by atoms with van der Waals surface area (Å²) in [5, 5.41) is 4.13. The Hall–Kier alpha value is -3.21. The average Bonchev–Trinajstić information content (AvgIpc) is 3.08. The molecule has 0 saturated carbocycles. The van der Waals surface area contributed by atoms with Gasteiger partial charge in [-0.1, -0.05) is 0 Å². The smallest absolute Gasteiger partial charge is 0.345 e.